The summed E-state index contributed by atoms with van der Waals surface area (Å²) in [5.74, 6) is -1.32. The van der Waals surface area contributed by atoms with Crippen molar-refractivity contribution in [3.8, 4) is 5.75 Å². The number of carbonyl (C=O) groups excluding carboxylic acids is 2. The maximum Gasteiger partial charge on any atom is 0.417 e. The minimum Gasteiger partial charge on any atom is -0.410 e. The minimum atomic E-state index is -4.47. The minimum absolute atomic E-state index is 0. The van der Waals surface area contributed by atoms with Crippen LogP contribution in [-0.4, -0.2) is 65.5 Å². The van der Waals surface area contributed by atoms with Gasteiger partial charge in [0.1, 0.15) is 23.2 Å². The highest BCUT2D eigenvalue weighted by molar-refractivity contribution is 6.30. The van der Waals surface area contributed by atoms with Gasteiger partial charge < -0.3 is 19.4 Å². The standard InChI is InChI=1S/C31H30ClF5N4O3.CH4/c1-2-41(30(43)44-23-7-5-22(33)6-8-23)27-18-40(17-24(27)20-3-9-26(34)25(32)15-20)29(42)19-11-13-39(14-12-19)28-10-4-21(16-38-28)31(35,36)37;/h3-10,15-16,19,24,27H,2,11-14,17-18H2,1H3;1H4/t24-,27+;/m0./s1. The molecule has 0 N–H and O–H groups in total. The van der Waals surface area contributed by atoms with Gasteiger partial charge in [0.25, 0.3) is 0 Å². The number of hydrogen-bond acceptors (Lipinski definition) is 5. The summed E-state index contributed by atoms with van der Waals surface area (Å²) in [6.45, 7) is 3.35. The maximum atomic E-state index is 14.0. The molecule has 2 aromatic carbocycles. The number of nitrogens with zero attached hydrogens (tertiary/aromatic N) is 4. The Bertz CT molecular complexity index is 1480. The molecule has 0 saturated carbocycles. The third-order valence-electron chi connectivity index (χ3n) is 8.21. The number of carbonyl (C=O) groups is 2. The third-order valence-corrected chi connectivity index (χ3v) is 8.50. The Balaban J connectivity index is 0.00000461. The first-order valence-corrected chi connectivity index (χ1v) is 14.6. The lowest BCUT2D eigenvalue weighted by Crippen LogP contribution is -2.47. The lowest BCUT2D eigenvalue weighted by atomic mass is 9.93. The van der Waals surface area contributed by atoms with Gasteiger partial charge in [-0.05, 0) is 73.9 Å². The van der Waals surface area contributed by atoms with Crippen molar-refractivity contribution < 1.29 is 36.3 Å². The molecule has 2 aliphatic rings. The molecule has 13 heteroatoms. The van der Waals surface area contributed by atoms with Crippen LogP contribution in [0.3, 0.4) is 0 Å². The summed E-state index contributed by atoms with van der Waals surface area (Å²) in [4.78, 5) is 36.0. The van der Waals surface area contributed by atoms with E-state index in [4.69, 9.17) is 16.3 Å². The van der Waals surface area contributed by atoms with Gasteiger partial charge in [0.2, 0.25) is 5.91 Å². The molecule has 0 aliphatic carbocycles. The summed E-state index contributed by atoms with van der Waals surface area (Å²) in [6.07, 6.45) is -3.39. The highest BCUT2D eigenvalue weighted by Crippen LogP contribution is 2.36. The van der Waals surface area contributed by atoms with Gasteiger partial charge in [-0.25, -0.2) is 18.6 Å². The van der Waals surface area contributed by atoms with Gasteiger partial charge in [0, 0.05) is 50.8 Å². The van der Waals surface area contributed by atoms with Crippen LogP contribution in [0.25, 0.3) is 0 Å². The topological polar surface area (TPSA) is 66.0 Å². The van der Waals surface area contributed by atoms with Crippen LogP contribution in [0.15, 0.2) is 60.8 Å². The van der Waals surface area contributed by atoms with Crippen LogP contribution >= 0.6 is 11.6 Å². The number of piperidine rings is 1. The van der Waals surface area contributed by atoms with E-state index in [2.05, 4.69) is 4.98 Å². The predicted molar refractivity (Wildman–Crippen MR) is 160 cm³/mol. The zero-order valence-corrected chi connectivity index (χ0v) is 24.5. The van der Waals surface area contributed by atoms with E-state index in [0.717, 1.165) is 12.3 Å². The first-order chi connectivity index (χ1) is 20.9. The summed E-state index contributed by atoms with van der Waals surface area (Å²) < 4.78 is 71.6. The molecule has 1 aromatic heterocycles. The second-order valence-electron chi connectivity index (χ2n) is 10.9. The number of likely N-dealkylation sites (tertiary alicyclic amines) is 1. The molecule has 0 spiro atoms. The van der Waals surface area contributed by atoms with Crippen LogP contribution in [0.2, 0.25) is 5.02 Å². The first-order valence-electron chi connectivity index (χ1n) is 14.2. The summed E-state index contributed by atoms with van der Waals surface area (Å²) in [7, 11) is 0. The average molecular weight is 653 g/mol. The van der Waals surface area contributed by atoms with E-state index in [9.17, 15) is 31.5 Å². The van der Waals surface area contributed by atoms with Gasteiger partial charge in [-0.15, -0.1) is 0 Å². The Kier molecular flexibility index (Phi) is 10.6. The molecule has 2 atom stereocenters. The number of ether oxygens (including phenoxy) is 1. The van der Waals surface area contributed by atoms with E-state index in [1.54, 1.807) is 17.9 Å². The molecule has 0 radical (unpaired) electrons. The van der Waals surface area contributed by atoms with Crippen molar-refractivity contribution in [3.63, 3.8) is 0 Å². The number of amides is 2. The number of hydrogen-bond donors (Lipinski definition) is 0. The molecule has 3 heterocycles. The molecule has 0 unspecified atom stereocenters. The number of anilines is 1. The highest BCUT2D eigenvalue weighted by atomic mass is 35.5. The average Bonchev–Trinajstić information content (AvgIpc) is 3.44. The van der Waals surface area contributed by atoms with Crippen molar-refractivity contribution in [3.05, 3.63) is 88.6 Å². The van der Waals surface area contributed by atoms with Crippen LogP contribution in [0.5, 0.6) is 5.75 Å². The Morgan fingerprint density at radius 3 is 2.29 bits per heavy atom. The summed E-state index contributed by atoms with van der Waals surface area (Å²) in [6, 6.07) is 11.2. The third kappa shape index (κ3) is 7.66. The Hall–Kier alpha value is -3.93. The molecule has 45 heavy (non-hydrogen) atoms. The zero-order valence-electron chi connectivity index (χ0n) is 23.7. The quantitative estimate of drug-likeness (QED) is 0.260. The smallest absolute Gasteiger partial charge is 0.410 e. The van der Waals surface area contributed by atoms with E-state index in [1.165, 1.54) is 47.4 Å². The molecule has 2 saturated heterocycles. The van der Waals surface area contributed by atoms with Crippen molar-refractivity contribution in [1.82, 2.24) is 14.8 Å². The van der Waals surface area contributed by atoms with E-state index in [0.29, 0.717) is 37.3 Å². The molecule has 3 aromatic rings. The van der Waals surface area contributed by atoms with Gasteiger partial charge in [-0.3, -0.25) is 4.79 Å². The number of rotatable bonds is 6. The van der Waals surface area contributed by atoms with Gasteiger partial charge in [-0.1, -0.05) is 25.1 Å². The van der Waals surface area contributed by atoms with Crippen molar-refractivity contribution in [2.45, 2.75) is 45.3 Å². The van der Waals surface area contributed by atoms with Crippen LogP contribution in [0.1, 0.15) is 44.2 Å². The summed E-state index contributed by atoms with van der Waals surface area (Å²) in [5.41, 5.74) is -0.164. The zero-order chi connectivity index (χ0) is 31.6. The monoisotopic (exact) mass is 652 g/mol. The van der Waals surface area contributed by atoms with Gasteiger partial charge in [0.05, 0.1) is 16.6 Å². The van der Waals surface area contributed by atoms with Crippen LogP contribution < -0.4 is 9.64 Å². The van der Waals surface area contributed by atoms with E-state index >= 15 is 0 Å². The Labute approximate surface area is 263 Å². The fourth-order valence-electron chi connectivity index (χ4n) is 5.87. The van der Waals surface area contributed by atoms with Crippen molar-refractivity contribution in [2.75, 3.05) is 37.6 Å². The molecule has 2 aliphatic heterocycles. The molecule has 0 bridgehead atoms. The molecule has 5 rings (SSSR count). The molecular weight excluding hydrogens is 619 g/mol. The Morgan fingerprint density at radius 1 is 1.02 bits per heavy atom. The number of alkyl halides is 3. The molecule has 242 valence electrons. The van der Waals surface area contributed by atoms with Gasteiger partial charge >= 0.3 is 12.3 Å². The second kappa shape index (κ2) is 14.0. The second-order valence-corrected chi connectivity index (χ2v) is 11.3. The number of benzene rings is 2. The first kappa shape index (κ1) is 34.0. The van der Waals surface area contributed by atoms with Crippen molar-refractivity contribution >= 4 is 29.4 Å². The van der Waals surface area contributed by atoms with E-state index < -0.39 is 41.4 Å². The SMILES string of the molecule is C.CCN(C(=O)Oc1ccc(F)cc1)[C@@H]1CN(C(=O)C2CCN(c3ccc(C(F)(F)F)cn3)CC2)C[C@H]1c1ccc(F)c(Cl)c1. The van der Waals surface area contributed by atoms with Gasteiger partial charge in [-0.2, -0.15) is 13.2 Å². The number of likely N-dealkylation sites (N-methyl/N-ethyl adjacent to an activating group) is 1. The van der Waals surface area contributed by atoms with Crippen LogP contribution in [0, 0.1) is 17.6 Å². The number of aromatic nitrogens is 1. The Morgan fingerprint density at radius 2 is 1.71 bits per heavy atom. The van der Waals surface area contributed by atoms with Crippen LogP contribution in [0.4, 0.5) is 32.6 Å². The van der Waals surface area contributed by atoms with E-state index in [-0.39, 0.29) is 49.7 Å². The number of halogens is 6. The summed E-state index contributed by atoms with van der Waals surface area (Å²) in [5, 5.41) is -0.0767. The fraction of sp³-hybridized carbons (Fsp3) is 0.406. The molecule has 2 amide bonds. The predicted octanol–water partition coefficient (Wildman–Crippen LogP) is 7.40. The van der Waals surface area contributed by atoms with Crippen molar-refractivity contribution in [1.29, 1.82) is 0 Å². The summed E-state index contributed by atoms with van der Waals surface area (Å²) >= 11 is 6.09. The largest absolute Gasteiger partial charge is 0.417 e. The van der Waals surface area contributed by atoms with E-state index in [1.807, 2.05) is 4.90 Å². The molecular formula is C32H34ClF5N4O3. The van der Waals surface area contributed by atoms with Crippen molar-refractivity contribution in [2.24, 2.45) is 5.92 Å². The lowest BCUT2D eigenvalue weighted by Gasteiger charge is -2.34. The lowest BCUT2D eigenvalue weighted by molar-refractivity contribution is -0.138. The highest BCUT2D eigenvalue weighted by Gasteiger charge is 2.43. The number of pyridine rings is 1. The fourth-order valence-corrected chi connectivity index (χ4v) is 6.06. The molecule has 7 nitrogen and oxygen atoms in total. The van der Waals surface area contributed by atoms with Gasteiger partial charge in [0.15, 0.2) is 0 Å². The van der Waals surface area contributed by atoms with Crippen LogP contribution in [-0.2, 0) is 11.0 Å². The normalized spacial score (nSPS) is 18.8. The maximum absolute atomic E-state index is 14.0. The molecule has 2 fully saturated rings.